The van der Waals surface area contributed by atoms with E-state index in [0.717, 1.165) is 52.2 Å². The molecule has 0 unspecified atom stereocenters. The van der Waals surface area contributed by atoms with Gasteiger partial charge in [0.25, 0.3) is 0 Å². The van der Waals surface area contributed by atoms with Crippen molar-refractivity contribution in [3.8, 4) is 0 Å². The second-order valence-electron chi connectivity index (χ2n) is 4.61. The molecule has 2 saturated heterocycles. The maximum Gasteiger partial charge on any atom is 1.00 e. The Balaban J connectivity index is 0.00000144. The van der Waals surface area contributed by atoms with Crippen molar-refractivity contribution < 1.29 is 118 Å². The minimum absolute atomic E-state index is 0. The molecule has 2 aliphatic heterocycles. The van der Waals surface area contributed by atoms with Crippen LogP contribution in [0.15, 0.2) is 0 Å². The first-order chi connectivity index (χ1) is 7.75. The van der Waals surface area contributed by atoms with E-state index < -0.39 is 7.12 Å². The Hall–Kier alpha value is 3.14. The van der Waals surface area contributed by atoms with Crippen LogP contribution in [0.3, 0.4) is 0 Å². The third kappa shape index (κ3) is 7.42. The van der Waals surface area contributed by atoms with E-state index in [4.69, 9.17) is 4.74 Å². The fourth-order valence-electron chi connectivity index (χ4n) is 2.62. The summed E-state index contributed by atoms with van der Waals surface area (Å²) in [6.07, 6.45) is 2.31. The van der Waals surface area contributed by atoms with Crippen LogP contribution in [-0.4, -0.2) is 68.8 Å². The van der Waals surface area contributed by atoms with Gasteiger partial charge in [0.15, 0.2) is 0 Å². The van der Waals surface area contributed by atoms with Gasteiger partial charge >= 0.3 is 103 Å². The van der Waals surface area contributed by atoms with E-state index in [1.54, 1.807) is 0 Å². The van der Waals surface area contributed by atoms with Gasteiger partial charge in [-0.05, 0) is 25.9 Å². The van der Waals surface area contributed by atoms with E-state index in [-0.39, 0.29) is 109 Å². The number of nitrogens with zero attached hydrogens (tertiary/aromatic N) is 2. The van der Waals surface area contributed by atoms with Crippen LogP contribution < -0.4 is 113 Å². The summed E-state index contributed by atoms with van der Waals surface area (Å²) in [6, 6.07) is 0.622. The second kappa shape index (κ2) is 11.7. The molecule has 2 heterocycles. The molecule has 0 bridgehead atoms. The van der Waals surface area contributed by atoms with Gasteiger partial charge in [0.05, 0.1) is 13.2 Å². The predicted molar refractivity (Wildman–Crippen MR) is 57.6 cm³/mol. The molecular weight excluding hydrogens is 285 g/mol. The number of likely N-dealkylation sites (tertiary alicyclic amines) is 1. The minimum Gasteiger partial charge on any atom is -0.892 e. The Morgan fingerprint density at radius 3 is 2.06 bits per heavy atom. The standard InChI is InChI=1S/C10H19BN2O3.2K/c14-11(15)9-12-3-1-10(2-4-12)13-5-7-16-8-6-13;;/h10H,1-9H2;;/q-2;2*+1. The van der Waals surface area contributed by atoms with Crippen LogP contribution in [-0.2, 0) is 4.74 Å². The largest absolute Gasteiger partial charge is 1.00 e. The van der Waals surface area contributed by atoms with Crippen LogP contribution in [0.25, 0.3) is 0 Å². The summed E-state index contributed by atoms with van der Waals surface area (Å²) in [5.41, 5.74) is 0. The van der Waals surface area contributed by atoms with Gasteiger partial charge < -0.3 is 19.7 Å². The number of hydrogen-bond donors (Lipinski definition) is 0. The molecule has 5 nitrogen and oxygen atoms in total. The van der Waals surface area contributed by atoms with Gasteiger partial charge in [-0.2, -0.15) is 0 Å². The number of morpholine rings is 1. The van der Waals surface area contributed by atoms with Crippen molar-refractivity contribution in [2.24, 2.45) is 0 Å². The summed E-state index contributed by atoms with van der Waals surface area (Å²) >= 11 is 0. The van der Waals surface area contributed by atoms with E-state index in [9.17, 15) is 10.0 Å². The fourth-order valence-corrected chi connectivity index (χ4v) is 2.62. The Kier molecular flexibility index (Phi) is 13.7. The van der Waals surface area contributed by atoms with Gasteiger partial charge in [-0.25, -0.2) is 0 Å². The first-order valence-electron chi connectivity index (χ1n) is 6.11. The Bertz CT molecular complexity index is 213. The van der Waals surface area contributed by atoms with Crippen LogP contribution in [0.1, 0.15) is 12.8 Å². The Morgan fingerprint density at radius 2 is 1.56 bits per heavy atom. The second-order valence-corrected chi connectivity index (χ2v) is 4.61. The molecule has 0 atom stereocenters. The number of ether oxygens (including phenoxy) is 1. The Morgan fingerprint density at radius 1 is 1.00 bits per heavy atom. The molecule has 0 N–H and O–H groups in total. The molecule has 0 saturated carbocycles. The zero-order valence-corrected chi connectivity index (χ0v) is 17.9. The molecule has 0 aromatic heterocycles. The SMILES string of the molecule is [K+].[K+].[O-]B([O-])CN1CCC(N2CCOCC2)CC1. The summed E-state index contributed by atoms with van der Waals surface area (Å²) in [7, 11) is -1.69. The average molecular weight is 304 g/mol. The molecule has 0 aliphatic carbocycles. The van der Waals surface area contributed by atoms with Crippen molar-refractivity contribution in [1.82, 2.24) is 9.80 Å². The van der Waals surface area contributed by atoms with Crippen molar-refractivity contribution in [2.45, 2.75) is 18.9 Å². The maximum atomic E-state index is 10.6. The molecule has 0 aromatic rings. The van der Waals surface area contributed by atoms with E-state index in [1.165, 1.54) is 0 Å². The van der Waals surface area contributed by atoms with Gasteiger partial charge in [-0.15, -0.1) is 0 Å². The molecule has 8 heteroatoms. The monoisotopic (exact) mass is 304 g/mol. The van der Waals surface area contributed by atoms with Gasteiger partial charge in [0.2, 0.25) is 0 Å². The molecule has 0 aromatic carbocycles. The van der Waals surface area contributed by atoms with Crippen molar-refractivity contribution in [3.63, 3.8) is 0 Å². The van der Waals surface area contributed by atoms with Crippen LogP contribution in [0.2, 0.25) is 0 Å². The van der Waals surface area contributed by atoms with Crippen LogP contribution in [0, 0.1) is 0 Å². The van der Waals surface area contributed by atoms with Crippen molar-refractivity contribution in [3.05, 3.63) is 0 Å². The third-order valence-corrected chi connectivity index (χ3v) is 3.53. The molecule has 2 fully saturated rings. The molecule has 0 amide bonds. The number of piperidine rings is 1. The van der Waals surface area contributed by atoms with Gasteiger partial charge in [0.1, 0.15) is 0 Å². The van der Waals surface area contributed by atoms with Gasteiger partial charge in [-0.1, -0.05) is 13.6 Å². The minimum atomic E-state index is -1.69. The first-order valence-corrected chi connectivity index (χ1v) is 6.11. The van der Waals surface area contributed by atoms with Crippen molar-refractivity contribution >= 4 is 7.12 Å². The van der Waals surface area contributed by atoms with Gasteiger partial charge in [0, 0.05) is 19.1 Å². The first kappa shape index (κ1) is 21.1. The van der Waals surface area contributed by atoms with Crippen molar-refractivity contribution in [2.75, 3.05) is 45.8 Å². The van der Waals surface area contributed by atoms with Crippen LogP contribution >= 0.6 is 0 Å². The number of rotatable bonds is 3. The summed E-state index contributed by atoms with van der Waals surface area (Å²) in [5, 5.41) is 21.1. The average Bonchev–Trinajstić information content (AvgIpc) is 2.30. The quantitative estimate of drug-likeness (QED) is 0.485. The molecule has 18 heavy (non-hydrogen) atoms. The van der Waals surface area contributed by atoms with Crippen LogP contribution in [0.4, 0.5) is 0 Å². The van der Waals surface area contributed by atoms with Crippen molar-refractivity contribution in [1.29, 1.82) is 0 Å². The summed E-state index contributed by atoms with van der Waals surface area (Å²) in [6.45, 7) is 5.51. The number of hydrogen-bond acceptors (Lipinski definition) is 5. The predicted octanol–water partition coefficient (Wildman–Crippen LogP) is -8.46. The zero-order chi connectivity index (χ0) is 11.4. The molecule has 0 radical (unpaired) electrons. The topological polar surface area (TPSA) is 61.8 Å². The maximum absolute atomic E-state index is 10.6. The molecular formula is C10H19BK2N2O3. The summed E-state index contributed by atoms with van der Waals surface area (Å²) in [5.74, 6) is 0. The molecule has 2 rings (SSSR count). The van der Waals surface area contributed by atoms with E-state index in [1.807, 2.05) is 4.90 Å². The van der Waals surface area contributed by atoms with Crippen LogP contribution in [0.5, 0.6) is 0 Å². The molecule has 2 aliphatic rings. The Labute approximate surface area is 195 Å². The normalized spacial score (nSPS) is 23.0. The molecule has 92 valence electrons. The fraction of sp³-hybridized carbons (Fsp3) is 1.00. The zero-order valence-electron chi connectivity index (χ0n) is 11.6. The third-order valence-electron chi connectivity index (χ3n) is 3.53. The molecule has 0 spiro atoms. The van der Waals surface area contributed by atoms with E-state index in [0.29, 0.717) is 6.04 Å². The summed E-state index contributed by atoms with van der Waals surface area (Å²) in [4.78, 5) is 4.48. The van der Waals surface area contributed by atoms with E-state index in [2.05, 4.69) is 4.90 Å². The summed E-state index contributed by atoms with van der Waals surface area (Å²) < 4.78 is 5.33. The van der Waals surface area contributed by atoms with Gasteiger partial charge in [-0.3, -0.25) is 4.90 Å². The smallest absolute Gasteiger partial charge is 0.892 e. The van der Waals surface area contributed by atoms with E-state index >= 15 is 0 Å².